The number of hydrogen-bond donors (Lipinski definition) is 0. The highest BCUT2D eigenvalue weighted by molar-refractivity contribution is 9.11. The number of nitrogens with zero attached hydrogens (tertiary/aromatic N) is 3. The topological polar surface area (TPSA) is 63.2 Å². The summed E-state index contributed by atoms with van der Waals surface area (Å²) in [7, 11) is -0.979. The van der Waals surface area contributed by atoms with Crippen LogP contribution in [0.25, 0.3) is 0 Å². The summed E-state index contributed by atoms with van der Waals surface area (Å²) < 4.78 is 23.3. The largest absolute Gasteiger partial charge is 0.346 e. The van der Waals surface area contributed by atoms with E-state index in [0.717, 1.165) is 5.13 Å². The molecule has 84 valence electrons. The van der Waals surface area contributed by atoms with E-state index in [1.54, 1.807) is 0 Å². The quantitative estimate of drug-likeness (QED) is 0.813. The SMILES string of the molecule is CN(c1nnc(Br)s1)C1CCS(=O)(=O)C1. The van der Waals surface area contributed by atoms with Crippen LogP contribution in [0.2, 0.25) is 0 Å². The Labute approximate surface area is 101 Å². The third-order valence-corrected chi connectivity index (χ3v) is 5.64. The lowest BCUT2D eigenvalue weighted by Gasteiger charge is -2.21. The van der Waals surface area contributed by atoms with Gasteiger partial charge in [0.25, 0.3) is 0 Å². The van der Waals surface area contributed by atoms with E-state index in [2.05, 4.69) is 26.1 Å². The molecule has 1 atom stereocenters. The molecule has 0 radical (unpaired) electrons. The van der Waals surface area contributed by atoms with E-state index in [0.29, 0.717) is 10.3 Å². The number of sulfone groups is 1. The normalized spacial score (nSPS) is 24.3. The predicted molar refractivity (Wildman–Crippen MR) is 63.1 cm³/mol. The van der Waals surface area contributed by atoms with Crippen molar-refractivity contribution in [3.63, 3.8) is 0 Å². The van der Waals surface area contributed by atoms with Crippen LogP contribution in [0.1, 0.15) is 6.42 Å². The number of aromatic nitrogens is 2. The van der Waals surface area contributed by atoms with Crippen molar-refractivity contribution < 1.29 is 8.42 Å². The summed E-state index contributed by atoms with van der Waals surface area (Å²) in [6, 6.07) is 0.0369. The van der Waals surface area contributed by atoms with Crippen LogP contribution in [0.15, 0.2) is 3.92 Å². The number of hydrogen-bond acceptors (Lipinski definition) is 6. The van der Waals surface area contributed by atoms with Gasteiger partial charge in [-0.15, -0.1) is 10.2 Å². The molecule has 8 heteroatoms. The average molecular weight is 312 g/mol. The first-order valence-corrected chi connectivity index (χ1v) is 7.83. The molecule has 0 bridgehead atoms. The molecule has 0 N–H and O–H groups in total. The average Bonchev–Trinajstić information content (AvgIpc) is 2.71. The zero-order chi connectivity index (χ0) is 11.1. The summed E-state index contributed by atoms with van der Waals surface area (Å²) >= 11 is 4.64. The molecule has 2 heterocycles. The Kier molecular flexibility index (Phi) is 3.00. The Morgan fingerprint density at radius 1 is 1.53 bits per heavy atom. The molecule has 1 aromatic heterocycles. The van der Waals surface area contributed by atoms with E-state index in [1.807, 2.05) is 11.9 Å². The monoisotopic (exact) mass is 311 g/mol. The van der Waals surface area contributed by atoms with E-state index in [9.17, 15) is 8.42 Å². The first-order chi connectivity index (χ1) is 6.98. The van der Waals surface area contributed by atoms with Gasteiger partial charge >= 0.3 is 0 Å². The van der Waals surface area contributed by atoms with Gasteiger partial charge in [-0.3, -0.25) is 0 Å². The zero-order valence-corrected chi connectivity index (χ0v) is 11.3. The molecular formula is C7H10BrN3O2S2. The van der Waals surface area contributed by atoms with E-state index in [-0.39, 0.29) is 17.5 Å². The van der Waals surface area contributed by atoms with Crippen LogP contribution in [-0.4, -0.2) is 43.2 Å². The van der Waals surface area contributed by atoms with Gasteiger partial charge in [0, 0.05) is 13.1 Å². The molecule has 0 saturated carbocycles. The third kappa shape index (κ3) is 2.48. The van der Waals surface area contributed by atoms with Gasteiger partial charge < -0.3 is 4.90 Å². The fourth-order valence-corrected chi connectivity index (χ4v) is 4.47. The summed E-state index contributed by atoms with van der Waals surface area (Å²) in [5.74, 6) is 0.503. The van der Waals surface area contributed by atoms with E-state index >= 15 is 0 Å². The fourth-order valence-electron chi connectivity index (χ4n) is 1.58. The van der Waals surface area contributed by atoms with Crippen molar-refractivity contribution in [2.45, 2.75) is 12.5 Å². The predicted octanol–water partition coefficient (Wildman–Crippen LogP) is 0.924. The number of anilines is 1. The van der Waals surface area contributed by atoms with Crippen LogP contribution in [0, 0.1) is 0 Å². The molecule has 15 heavy (non-hydrogen) atoms. The summed E-state index contributed by atoms with van der Waals surface area (Å²) in [5, 5.41) is 8.55. The summed E-state index contributed by atoms with van der Waals surface area (Å²) in [6.07, 6.45) is 0.677. The minimum Gasteiger partial charge on any atom is -0.346 e. The van der Waals surface area contributed by atoms with E-state index < -0.39 is 9.84 Å². The molecule has 1 aromatic rings. The molecule has 1 aliphatic heterocycles. The Morgan fingerprint density at radius 3 is 2.73 bits per heavy atom. The molecule has 2 rings (SSSR count). The van der Waals surface area contributed by atoms with Crippen molar-refractivity contribution >= 4 is 42.2 Å². The van der Waals surface area contributed by atoms with Crippen molar-refractivity contribution in [3.05, 3.63) is 3.92 Å². The van der Waals surface area contributed by atoms with Crippen LogP contribution in [-0.2, 0) is 9.84 Å². The van der Waals surface area contributed by atoms with Crippen molar-refractivity contribution in [2.75, 3.05) is 23.5 Å². The molecule has 0 amide bonds. The summed E-state index contributed by atoms with van der Waals surface area (Å²) in [5.41, 5.74) is 0. The highest BCUT2D eigenvalue weighted by Gasteiger charge is 2.31. The molecule has 5 nitrogen and oxygen atoms in total. The van der Waals surface area contributed by atoms with Gasteiger partial charge in [-0.25, -0.2) is 8.42 Å². The first kappa shape index (κ1) is 11.3. The van der Waals surface area contributed by atoms with Gasteiger partial charge in [-0.1, -0.05) is 11.3 Å². The maximum absolute atomic E-state index is 11.3. The summed E-state index contributed by atoms with van der Waals surface area (Å²) in [4.78, 5) is 1.90. The van der Waals surface area contributed by atoms with Crippen LogP contribution < -0.4 is 4.90 Å². The van der Waals surface area contributed by atoms with Crippen molar-refractivity contribution in [2.24, 2.45) is 0 Å². The van der Waals surface area contributed by atoms with Gasteiger partial charge in [0.05, 0.1) is 11.5 Å². The maximum Gasteiger partial charge on any atom is 0.209 e. The van der Waals surface area contributed by atoms with Crippen molar-refractivity contribution in [1.82, 2.24) is 10.2 Å². The minimum atomic E-state index is -2.84. The number of halogens is 1. The third-order valence-electron chi connectivity index (χ3n) is 2.45. The van der Waals surface area contributed by atoms with E-state index in [1.165, 1.54) is 11.3 Å². The molecule has 0 aliphatic carbocycles. The van der Waals surface area contributed by atoms with Gasteiger partial charge in [0.2, 0.25) is 5.13 Å². The van der Waals surface area contributed by atoms with Gasteiger partial charge in [0.15, 0.2) is 13.8 Å². The molecule has 1 fully saturated rings. The maximum atomic E-state index is 11.3. The Morgan fingerprint density at radius 2 is 2.27 bits per heavy atom. The molecule has 1 saturated heterocycles. The van der Waals surface area contributed by atoms with Crippen molar-refractivity contribution in [1.29, 1.82) is 0 Å². The van der Waals surface area contributed by atoms with Crippen LogP contribution in [0.5, 0.6) is 0 Å². The molecule has 0 spiro atoms. The molecule has 1 unspecified atom stereocenters. The van der Waals surface area contributed by atoms with Crippen LogP contribution in [0.4, 0.5) is 5.13 Å². The van der Waals surface area contributed by atoms with Crippen LogP contribution in [0.3, 0.4) is 0 Å². The molecule has 0 aromatic carbocycles. The second-order valence-corrected chi connectivity index (χ2v) is 7.97. The lowest BCUT2D eigenvalue weighted by molar-refractivity contribution is 0.600. The van der Waals surface area contributed by atoms with Gasteiger partial charge in [0.1, 0.15) is 0 Å². The lowest BCUT2D eigenvalue weighted by atomic mass is 10.2. The van der Waals surface area contributed by atoms with Crippen LogP contribution >= 0.6 is 27.3 Å². The van der Waals surface area contributed by atoms with Crippen molar-refractivity contribution in [3.8, 4) is 0 Å². The Balaban J connectivity index is 2.13. The van der Waals surface area contributed by atoms with Gasteiger partial charge in [-0.05, 0) is 22.4 Å². The van der Waals surface area contributed by atoms with E-state index in [4.69, 9.17) is 0 Å². The first-order valence-electron chi connectivity index (χ1n) is 4.40. The highest BCUT2D eigenvalue weighted by Crippen LogP contribution is 2.27. The minimum absolute atomic E-state index is 0.0369. The second-order valence-electron chi connectivity index (χ2n) is 3.51. The Bertz CT molecular complexity index is 459. The fraction of sp³-hybridized carbons (Fsp3) is 0.714. The Hall–Kier alpha value is -0.210. The zero-order valence-electron chi connectivity index (χ0n) is 8.05. The summed E-state index contributed by atoms with van der Waals surface area (Å²) in [6.45, 7) is 0. The van der Waals surface area contributed by atoms with Gasteiger partial charge in [-0.2, -0.15) is 0 Å². The second kappa shape index (κ2) is 3.99. The number of rotatable bonds is 2. The standard InChI is InChI=1S/C7H10BrN3O2S2/c1-11(7-10-9-6(8)14-7)5-2-3-15(12,13)4-5/h5H,2-4H2,1H3. The molecule has 1 aliphatic rings. The highest BCUT2D eigenvalue weighted by atomic mass is 79.9. The lowest BCUT2D eigenvalue weighted by Crippen LogP contribution is -2.32. The molecular weight excluding hydrogens is 302 g/mol. The smallest absolute Gasteiger partial charge is 0.209 e.